The van der Waals surface area contributed by atoms with Gasteiger partial charge in [0.05, 0.1) is 16.5 Å². The van der Waals surface area contributed by atoms with Gasteiger partial charge >= 0.3 is 6.18 Å². The van der Waals surface area contributed by atoms with Crippen LogP contribution in [0.2, 0.25) is 0 Å². The fourth-order valence-corrected chi connectivity index (χ4v) is 2.98. The van der Waals surface area contributed by atoms with E-state index in [0.29, 0.717) is 12.1 Å². The van der Waals surface area contributed by atoms with Crippen molar-refractivity contribution in [3.63, 3.8) is 0 Å². The Balaban J connectivity index is 2.03. The monoisotopic (exact) mass is 286 g/mol. The van der Waals surface area contributed by atoms with Crippen molar-refractivity contribution in [1.82, 2.24) is 0 Å². The second kappa shape index (κ2) is 4.07. The zero-order chi connectivity index (χ0) is 14.6. The maximum absolute atomic E-state index is 12.9. The van der Waals surface area contributed by atoms with Gasteiger partial charge in [-0.3, -0.25) is 0 Å². The lowest BCUT2D eigenvalue weighted by atomic mass is 10.00. The van der Waals surface area contributed by atoms with Crippen molar-refractivity contribution in [1.29, 1.82) is 0 Å². The Morgan fingerprint density at radius 1 is 0.952 bits per heavy atom. The van der Waals surface area contributed by atoms with E-state index in [-0.39, 0.29) is 0 Å². The Morgan fingerprint density at radius 2 is 1.76 bits per heavy atom. The molecule has 1 nitrogen and oxygen atoms in total. The Kier molecular flexibility index (Phi) is 2.40. The topological polar surface area (TPSA) is 3.88 Å². The van der Waals surface area contributed by atoms with Gasteiger partial charge in [-0.05, 0) is 23.6 Å². The van der Waals surface area contributed by atoms with E-state index in [4.69, 9.17) is 0 Å². The number of halogens is 3. The molecule has 0 amide bonds. The summed E-state index contributed by atoms with van der Waals surface area (Å²) in [5.41, 5.74) is 1.89. The zero-order valence-corrected chi connectivity index (χ0v) is 11.0. The summed E-state index contributed by atoms with van der Waals surface area (Å²) in [4.78, 5) is 0. The summed E-state index contributed by atoms with van der Waals surface area (Å²) in [5, 5.41) is 2.02. The molecule has 21 heavy (non-hydrogen) atoms. The largest absolute Gasteiger partial charge is 0.416 e. The van der Waals surface area contributed by atoms with Crippen LogP contribution in [0.3, 0.4) is 0 Å². The summed E-state index contributed by atoms with van der Waals surface area (Å²) in [6.07, 6.45) is -2.38. The van der Waals surface area contributed by atoms with Gasteiger partial charge in [0.1, 0.15) is 0 Å². The Bertz CT molecular complexity index is 866. The summed E-state index contributed by atoms with van der Waals surface area (Å²) >= 11 is 0. The number of hydrogen-bond donors (Lipinski definition) is 0. The molecule has 104 valence electrons. The molecule has 1 aliphatic heterocycles. The standard InChI is InChI=1S/C17H11F3N/c18-17(19,20)13-6-5-12-10-21-8-7-11-3-1-2-4-14(11)16(21)15(12)9-13/h1-9H,10H2/q+1. The van der Waals surface area contributed by atoms with Gasteiger partial charge in [-0.15, -0.1) is 0 Å². The fourth-order valence-electron chi connectivity index (χ4n) is 2.98. The maximum Gasteiger partial charge on any atom is 0.416 e. The summed E-state index contributed by atoms with van der Waals surface area (Å²) in [6.45, 7) is 0.619. The molecule has 0 aliphatic carbocycles. The number of aromatic nitrogens is 1. The van der Waals surface area contributed by atoms with Crippen molar-refractivity contribution in [2.24, 2.45) is 0 Å². The Morgan fingerprint density at radius 3 is 2.57 bits per heavy atom. The van der Waals surface area contributed by atoms with Gasteiger partial charge in [-0.1, -0.05) is 24.3 Å². The number of nitrogens with zero attached hydrogens (tertiary/aromatic N) is 1. The van der Waals surface area contributed by atoms with E-state index in [0.717, 1.165) is 28.1 Å². The molecule has 0 atom stereocenters. The number of alkyl halides is 3. The second-order valence-corrected chi connectivity index (χ2v) is 5.25. The summed E-state index contributed by atoms with van der Waals surface area (Å²) in [6, 6.07) is 13.8. The van der Waals surface area contributed by atoms with Crippen LogP contribution in [-0.2, 0) is 12.7 Å². The molecule has 2 heterocycles. The van der Waals surface area contributed by atoms with Gasteiger partial charge in [0.15, 0.2) is 12.7 Å². The average molecular weight is 286 g/mol. The van der Waals surface area contributed by atoms with E-state index >= 15 is 0 Å². The predicted molar refractivity (Wildman–Crippen MR) is 73.7 cm³/mol. The van der Waals surface area contributed by atoms with Gasteiger partial charge in [-0.25, -0.2) is 0 Å². The van der Waals surface area contributed by atoms with E-state index < -0.39 is 11.7 Å². The van der Waals surface area contributed by atoms with Crippen LogP contribution in [0.5, 0.6) is 0 Å². The molecule has 0 N–H and O–H groups in total. The van der Waals surface area contributed by atoms with Crippen molar-refractivity contribution in [2.75, 3.05) is 0 Å². The van der Waals surface area contributed by atoms with Crippen molar-refractivity contribution < 1.29 is 17.7 Å². The van der Waals surface area contributed by atoms with Gasteiger partial charge in [-0.2, -0.15) is 17.7 Å². The molecule has 0 bridgehead atoms. The molecule has 1 aromatic heterocycles. The van der Waals surface area contributed by atoms with Crippen LogP contribution in [0.25, 0.3) is 22.0 Å². The van der Waals surface area contributed by atoms with Crippen molar-refractivity contribution in [2.45, 2.75) is 12.7 Å². The molecule has 0 fully saturated rings. The molecule has 4 heteroatoms. The van der Waals surface area contributed by atoms with Gasteiger partial charge in [0.25, 0.3) is 0 Å². The Labute approximate surface area is 119 Å². The molecular weight excluding hydrogens is 275 g/mol. The van der Waals surface area contributed by atoms with Crippen molar-refractivity contribution in [3.05, 3.63) is 65.9 Å². The van der Waals surface area contributed by atoms with Gasteiger partial charge in [0.2, 0.25) is 5.69 Å². The number of pyridine rings is 1. The number of benzene rings is 2. The van der Waals surface area contributed by atoms with Gasteiger partial charge < -0.3 is 0 Å². The van der Waals surface area contributed by atoms with E-state index in [1.807, 2.05) is 41.1 Å². The second-order valence-electron chi connectivity index (χ2n) is 5.25. The molecule has 0 saturated heterocycles. The molecule has 0 spiro atoms. The number of hydrogen-bond acceptors (Lipinski definition) is 0. The normalized spacial score (nSPS) is 13.3. The van der Waals surface area contributed by atoms with E-state index in [2.05, 4.69) is 0 Å². The molecular formula is C17H11F3N+. The summed E-state index contributed by atoms with van der Waals surface area (Å²) < 4.78 is 40.8. The van der Waals surface area contributed by atoms with Crippen LogP contribution in [0, 0.1) is 0 Å². The first kappa shape index (κ1) is 12.4. The van der Waals surface area contributed by atoms with E-state index in [9.17, 15) is 13.2 Å². The van der Waals surface area contributed by atoms with E-state index in [1.165, 1.54) is 6.07 Å². The Hall–Kier alpha value is -2.36. The third-order valence-corrected chi connectivity index (χ3v) is 3.97. The number of fused-ring (bicyclic) bond motifs is 5. The smallest absolute Gasteiger partial charge is 0.193 e. The van der Waals surface area contributed by atoms with Crippen LogP contribution >= 0.6 is 0 Å². The van der Waals surface area contributed by atoms with E-state index in [1.54, 1.807) is 6.07 Å². The molecule has 0 unspecified atom stereocenters. The number of rotatable bonds is 0. The van der Waals surface area contributed by atoms with Crippen LogP contribution in [0.4, 0.5) is 13.2 Å². The fraction of sp³-hybridized carbons (Fsp3) is 0.118. The summed E-state index contributed by atoms with van der Waals surface area (Å²) in [5.74, 6) is 0. The third kappa shape index (κ3) is 1.82. The van der Waals surface area contributed by atoms with Gasteiger partial charge in [0, 0.05) is 11.6 Å². The lowest BCUT2D eigenvalue weighted by Crippen LogP contribution is -2.31. The minimum atomic E-state index is -4.31. The highest BCUT2D eigenvalue weighted by Crippen LogP contribution is 2.37. The lowest BCUT2D eigenvalue weighted by molar-refractivity contribution is -0.671. The molecule has 4 rings (SSSR count). The average Bonchev–Trinajstić information content (AvgIpc) is 2.84. The highest BCUT2D eigenvalue weighted by Gasteiger charge is 2.35. The van der Waals surface area contributed by atoms with Crippen molar-refractivity contribution >= 4 is 10.8 Å². The molecule has 0 radical (unpaired) electrons. The van der Waals surface area contributed by atoms with Crippen LogP contribution in [0.1, 0.15) is 11.1 Å². The highest BCUT2D eigenvalue weighted by atomic mass is 19.4. The lowest BCUT2D eigenvalue weighted by Gasteiger charge is -2.07. The predicted octanol–water partition coefficient (Wildman–Crippen LogP) is 4.17. The third-order valence-electron chi connectivity index (χ3n) is 3.97. The first-order valence-electron chi connectivity index (χ1n) is 6.66. The SMILES string of the molecule is FC(F)(F)c1ccc2c(c1)-c1c3ccccc3cc[n+]1C2. The van der Waals surface area contributed by atoms with Crippen LogP contribution in [0.15, 0.2) is 54.7 Å². The minimum Gasteiger partial charge on any atom is -0.193 e. The van der Waals surface area contributed by atoms with Crippen LogP contribution < -0.4 is 4.57 Å². The minimum absolute atomic E-state index is 0.595. The molecule has 3 aromatic rings. The maximum atomic E-state index is 12.9. The summed E-state index contributed by atoms with van der Waals surface area (Å²) in [7, 11) is 0. The quantitative estimate of drug-likeness (QED) is 0.427. The highest BCUT2D eigenvalue weighted by molar-refractivity contribution is 5.94. The zero-order valence-electron chi connectivity index (χ0n) is 11.0. The van der Waals surface area contributed by atoms with Crippen LogP contribution in [-0.4, -0.2) is 0 Å². The molecule has 2 aromatic carbocycles. The first-order chi connectivity index (χ1) is 10.0. The van der Waals surface area contributed by atoms with Crippen molar-refractivity contribution in [3.8, 4) is 11.3 Å². The molecule has 0 saturated carbocycles. The first-order valence-corrected chi connectivity index (χ1v) is 6.66. The molecule has 1 aliphatic rings.